The van der Waals surface area contributed by atoms with E-state index in [1.54, 1.807) is 0 Å². The molecular formula is C7H15N2O. The molecule has 0 saturated carbocycles. The highest BCUT2D eigenvalue weighted by atomic mass is 16.5. The second-order valence-corrected chi connectivity index (χ2v) is 2.45. The van der Waals surface area contributed by atoms with Gasteiger partial charge in [0.2, 0.25) is 0 Å². The first-order chi connectivity index (χ1) is 4.93. The van der Waals surface area contributed by atoms with Crippen LogP contribution in [-0.2, 0) is 4.74 Å². The Bertz CT molecular complexity index is 81.7. The number of hydrogen-bond donors (Lipinski definition) is 1. The van der Waals surface area contributed by atoms with E-state index in [4.69, 9.17) is 4.74 Å². The molecule has 1 heterocycles. The minimum Gasteiger partial charge on any atom is -0.379 e. The smallest absolute Gasteiger partial charge is 0.0594 e. The summed E-state index contributed by atoms with van der Waals surface area (Å²) >= 11 is 0. The van der Waals surface area contributed by atoms with Gasteiger partial charge < -0.3 is 10.1 Å². The van der Waals surface area contributed by atoms with Gasteiger partial charge in [-0.1, -0.05) is 0 Å². The molecule has 1 radical (unpaired) electrons. The molecule has 3 nitrogen and oxygen atoms in total. The fraction of sp³-hybridized carbons (Fsp3) is 0.857. The predicted molar refractivity (Wildman–Crippen MR) is 40.6 cm³/mol. The van der Waals surface area contributed by atoms with Crippen molar-refractivity contribution >= 4 is 0 Å². The third-order valence-corrected chi connectivity index (χ3v) is 1.71. The van der Waals surface area contributed by atoms with Gasteiger partial charge in [-0.2, -0.15) is 0 Å². The molecule has 1 saturated heterocycles. The molecule has 1 aliphatic rings. The van der Waals surface area contributed by atoms with Crippen LogP contribution in [-0.4, -0.2) is 44.3 Å². The van der Waals surface area contributed by atoms with E-state index in [-0.39, 0.29) is 0 Å². The number of nitrogens with one attached hydrogen (secondary N) is 1. The van der Waals surface area contributed by atoms with Crippen molar-refractivity contribution in [3.05, 3.63) is 7.05 Å². The third-order valence-electron chi connectivity index (χ3n) is 1.71. The lowest BCUT2D eigenvalue weighted by atomic mass is 10.4. The molecule has 10 heavy (non-hydrogen) atoms. The Morgan fingerprint density at radius 3 is 2.70 bits per heavy atom. The molecule has 1 N–H and O–H groups in total. The average molecular weight is 143 g/mol. The zero-order chi connectivity index (χ0) is 7.23. The van der Waals surface area contributed by atoms with E-state index in [2.05, 4.69) is 17.3 Å². The zero-order valence-corrected chi connectivity index (χ0v) is 6.31. The molecule has 0 bridgehead atoms. The fourth-order valence-electron chi connectivity index (χ4n) is 1.06. The minimum absolute atomic E-state index is 0.886. The van der Waals surface area contributed by atoms with E-state index in [1.165, 1.54) is 0 Å². The first kappa shape index (κ1) is 7.98. The first-order valence-corrected chi connectivity index (χ1v) is 3.73. The van der Waals surface area contributed by atoms with E-state index in [0.717, 1.165) is 39.4 Å². The standard InChI is InChI=1S/C7H15N2O/c1-8-2-3-9-4-6-10-7-5-9/h8H,1-7H2. The largest absolute Gasteiger partial charge is 0.379 e. The highest BCUT2D eigenvalue weighted by Gasteiger charge is 2.07. The molecule has 0 aromatic heterocycles. The van der Waals surface area contributed by atoms with Gasteiger partial charge in [0.15, 0.2) is 0 Å². The molecule has 0 aromatic rings. The van der Waals surface area contributed by atoms with Gasteiger partial charge in [0, 0.05) is 33.2 Å². The monoisotopic (exact) mass is 143 g/mol. The van der Waals surface area contributed by atoms with Crippen LogP contribution >= 0.6 is 0 Å². The number of hydrogen-bond acceptors (Lipinski definition) is 3. The Morgan fingerprint density at radius 2 is 2.10 bits per heavy atom. The van der Waals surface area contributed by atoms with Crippen LogP contribution in [0, 0.1) is 7.05 Å². The second-order valence-electron chi connectivity index (χ2n) is 2.45. The number of rotatable bonds is 3. The van der Waals surface area contributed by atoms with Crippen LogP contribution in [0.2, 0.25) is 0 Å². The van der Waals surface area contributed by atoms with E-state index in [9.17, 15) is 0 Å². The number of morpholine rings is 1. The van der Waals surface area contributed by atoms with E-state index >= 15 is 0 Å². The molecule has 0 spiro atoms. The maximum absolute atomic E-state index is 5.20. The lowest BCUT2D eigenvalue weighted by molar-refractivity contribution is 0.0388. The fourth-order valence-corrected chi connectivity index (χ4v) is 1.06. The SMILES string of the molecule is [CH2]NCCN1CCOCC1. The van der Waals surface area contributed by atoms with Crippen molar-refractivity contribution < 1.29 is 4.74 Å². The van der Waals surface area contributed by atoms with Crippen LogP contribution in [0.1, 0.15) is 0 Å². The summed E-state index contributed by atoms with van der Waals surface area (Å²) in [7, 11) is 3.56. The summed E-state index contributed by atoms with van der Waals surface area (Å²) < 4.78 is 5.20. The molecule has 1 aliphatic heterocycles. The van der Waals surface area contributed by atoms with Crippen molar-refractivity contribution in [2.24, 2.45) is 0 Å². The van der Waals surface area contributed by atoms with Gasteiger partial charge in [0.05, 0.1) is 13.2 Å². The summed E-state index contributed by atoms with van der Waals surface area (Å²) in [6.45, 7) is 5.98. The molecule has 0 unspecified atom stereocenters. The summed E-state index contributed by atoms with van der Waals surface area (Å²) in [5, 5.41) is 2.88. The van der Waals surface area contributed by atoms with Crippen LogP contribution in [0.5, 0.6) is 0 Å². The van der Waals surface area contributed by atoms with Crippen molar-refractivity contribution in [1.82, 2.24) is 10.2 Å². The van der Waals surface area contributed by atoms with Crippen LogP contribution in [0.25, 0.3) is 0 Å². The summed E-state index contributed by atoms with van der Waals surface area (Å²) in [6.07, 6.45) is 0. The Labute approximate surface area is 62.3 Å². The Morgan fingerprint density at radius 1 is 1.40 bits per heavy atom. The molecule has 0 aromatic carbocycles. The molecular weight excluding hydrogens is 128 g/mol. The van der Waals surface area contributed by atoms with Crippen LogP contribution in [0.4, 0.5) is 0 Å². The average Bonchev–Trinajstić information content (AvgIpc) is 2.03. The Hall–Kier alpha value is -0.120. The minimum atomic E-state index is 0.886. The van der Waals surface area contributed by atoms with E-state index in [1.807, 2.05) is 0 Å². The first-order valence-electron chi connectivity index (χ1n) is 3.73. The highest BCUT2D eigenvalue weighted by molar-refractivity contribution is 4.62. The molecule has 0 aliphatic carbocycles. The van der Waals surface area contributed by atoms with Gasteiger partial charge in [0.25, 0.3) is 0 Å². The van der Waals surface area contributed by atoms with Crippen LogP contribution in [0.3, 0.4) is 0 Å². The molecule has 1 rings (SSSR count). The topological polar surface area (TPSA) is 24.5 Å². The van der Waals surface area contributed by atoms with Gasteiger partial charge in [-0.3, -0.25) is 4.90 Å². The predicted octanol–water partition coefficient (Wildman–Crippen LogP) is -0.300. The van der Waals surface area contributed by atoms with Crippen molar-refractivity contribution in [3.63, 3.8) is 0 Å². The van der Waals surface area contributed by atoms with Crippen LogP contribution in [0.15, 0.2) is 0 Å². The third kappa shape index (κ3) is 2.64. The second kappa shape index (κ2) is 4.66. The maximum Gasteiger partial charge on any atom is 0.0594 e. The lowest BCUT2D eigenvalue weighted by Crippen LogP contribution is -2.39. The van der Waals surface area contributed by atoms with Crippen molar-refractivity contribution in [2.45, 2.75) is 0 Å². The number of nitrogens with zero attached hydrogens (tertiary/aromatic N) is 1. The zero-order valence-electron chi connectivity index (χ0n) is 6.31. The van der Waals surface area contributed by atoms with Crippen molar-refractivity contribution in [3.8, 4) is 0 Å². The summed E-state index contributed by atoms with van der Waals surface area (Å²) in [4.78, 5) is 2.38. The van der Waals surface area contributed by atoms with Crippen molar-refractivity contribution in [1.29, 1.82) is 0 Å². The molecule has 59 valence electrons. The van der Waals surface area contributed by atoms with Gasteiger partial charge in [-0.05, 0) is 0 Å². The van der Waals surface area contributed by atoms with Gasteiger partial charge in [-0.15, -0.1) is 0 Å². The summed E-state index contributed by atoms with van der Waals surface area (Å²) in [5.41, 5.74) is 0. The Balaban J connectivity index is 2.02. The van der Waals surface area contributed by atoms with Crippen molar-refractivity contribution in [2.75, 3.05) is 39.4 Å². The normalized spacial score (nSPS) is 21.3. The van der Waals surface area contributed by atoms with Gasteiger partial charge >= 0.3 is 0 Å². The van der Waals surface area contributed by atoms with Gasteiger partial charge in [0.1, 0.15) is 0 Å². The lowest BCUT2D eigenvalue weighted by Gasteiger charge is -2.26. The van der Waals surface area contributed by atoms with E-state index < -0.39 is 0 Å². The number of ether oxygens (including phenoxy) is 1. The van der Waals surface area contributed by atoms with Gasteiger partial charge in [-0.25, -0.2) is 0 Å². The molecule has 0 amide bonds. The molecule has 3 heteroatoms. The Kier molecular flexibility index (Phi) is 3.72. The van der Waals surface area contributed by atoms with Crippen LogP contribution < -0.4 is 5.32 Å². The quantitative estimate of drug-likeness (QED) is 0.587. The maximum atomic E-state index is 5.20. The molecule has 0 atom stereocenters. The summed E-state index contributed by atoms with van der Waals surface area (Å²) in [5.74, 6) is 0. The van der Waals surface area contributed by atoms with E-state index in [0.29, 0.717) is 0 Å². The summed E-state index contributed by atoms with van der Waals surface area (Å²) in [6, 6.07) is 0. The molecule has 1 fully saturated rings. The highest BCUT2D eigenvalue weighted by Crippen LogP contribution is 1.94.